The van der Waals surface area contributed by atoms with Crippen molar-refractivity contribution >= 4 is 0 Å². The maximum absolute atomic E-state index is 11.6. The normalized spacial score (nSPS) is 19.7. The van der Waals surface area contributed by atoms with Crippen LogP contribution in [0.15, 0.2) is 0 Å². The number of ether oxygens (including phenoxy) is 1. The first-order valence-electron chi connectivity index (χ1n) is 4.81. The van der Waals surface area contributed by atoms with Crippen molar-refractivity contribution in [3.8, 4) is 0 Å². The average molecular weight is 212 g/mol. The Labute approximate surface area is 81.1 Å². The molecule has 0 spiro atoms. The maximum atomic E-state index is 11.6. The molecule has 0 radical (unpaired) electrons. The molecule has 1 aliphatic carbocycles. The van der Waals surface area contributed by atoms with Crippen LogP contribution in [0.5, 0.6) is 0 Å². The van der Waals surface area contributed by atoms with Crippen molar-refractivity contribution in [2.45, 2.75) is 38.0 Å². The summed E-state index contributed by atoms with van der Waals surface area (Å²) in [5, 5.41) is 9.37. The topological polar surface area (TPSA) is 29.5 Å². The smallest absolute Gasteiger partial charge is 0.393 e. The van der Waals surface area contributed by atoms with E-state index in [9.17, 15) is 18.3 Å². The van der Waals surface area contributed by atoms with E-state index in [0.717, 1.165) is 12.8 Å². The van der Waals surface area contributed by atoms with E-state index < -0.39 is 12.8 Å². The molecule has 14 heavy (non-hydrogen) atoms. The molecular formula is C9H15F3O2. The van der Waals surface area contributed by atoms with Crippen molar-refractivity contribution in [2.24, 2.45) is 5.92 Å². The lowest BCUT2D eigenvalue weighted by Crippen LogP contribution is -2.18. The Bertz CT molecular complexity index is 166. The van der Waals surface area contributed by atoms with Gasteiger partial charge in [-0.1, -0.05) is 0 Å². The van der Waals surface area contributed by atoms with Gasteiger partial charge in [-0.2, -0.15) is 13.2 Å². The predicted molar refractivity (Wildman–Crippen MR) is 44.8 cm³/mol. The van der Waals surface area contributed by atoms with E-state index in [-0.39, 0.29) is 12.7 Å². The second-order valence-corrected chi connectivity index (χ2v) is 3.71. The highest BCUT2D eigenvalue weighted by molar-refractivity contribution is 4.80. The van der Waals surface area contributed by atoms with E-state index in [2.05, 4.69) is 4.74 Å². The molecule has 0 heterocycles. The molecule has 1 N–H and O–H groups in total. The molecule has 0 aromatic rings. The minimum absolute atomic E-state index is 0.0727. The minimum atomic E-state index is -4.24. The zero-order valence-corrected chi connectivity index (χ0v) is 7.89. The van der Waals surface area contributed by atoms with Crippen molar-refractivity contribution in [1.29, 1.82) is 0 Å². The second kappa shape index (κ2) is 4.98. The van der Waals surface area contributed by atoms with Crippen LogP contribution in [0.1, 0.15) is 25.7 Å². The van der Waals surface area contributed by atoms with Gasteiger partial charge in [-0.3, -0.25) is 0 Å². The Kier molecular flexibility index (Phi) is 4.19. The number of alkyl halides is 3. The third-order valence-corrected chi connectivity index (χ3v) is 2.22. The molecule has 84 valence electrons. The first-order valence-corrected chi connectivity index (χ1v) is 4.81. The van der Waals surface area contributed by atoms with Crippen molar-refractivity contribution in [1.82, 2.24) is 0 Å². The molecule has 5 heteroatoms. The van der Waals surface area contributed by atoms with Crippen LogP contribution < -0.4 is 0 Å². The molecule has 0 amide bonds. The van der Waals surface area contributed by atoms with E-state index in [1.54, 1.807) is 0 Å². The highest BCUT2D eigenvalue weighted by Crippen LogP contribution is 2.34. The number of hydrogen-bond acceptors (Lipinski definition) is 2. The van der Waals surface area contributed by atoms with Crippen molar-refractivity contribution in [3.63, 3.8) is 0 Å². The van der Waals surface area contributed by atoms with Gasteiger partial charge in [0.25, 0.3) is 0 Å². The Hall–Kier alpha value is -0.290. The highest BCUT2D eigenvalue weighted by Gasteiger charge is 2.29. The Morgan fingerprint density at radius 2 is 2.00 bits per heavy atom. The van der Waals surface area contributed by atoms with Gasteiger partial charge in [0.2, 0.25) is 0 Å². The Morgan fingerprint density at radius 1 is 1.36 bits per heavy atom. The largest absolute Gasteiger partial charge is 0.411 e. The summed E-state index contributed by atoms with van der Waals surface area (Å²) in [6.45, 7) is -1.12. The zero-order chi connectivity index (χ0) is 10.6. The molecule has 1 rings (SSSR count). The molecular weight excluding hydrogens is 197 g/mol. The SMILES string of the molecule is OC(CCCOCC(F)(F)F)C1CC1. The monoisotopic (exact) mass is 212 g/mol. The molecule has 1 aliphatic rings. The predicted octanol–water partition coefficient (Wildman–Crippen LogP) is 2.12. The van der Waals surface area contributed by atoms with Gasteiger partial charge in [-0.05, 0) is 31.6 Å². The standard InChI is InChI=1S/C9H15F3O2/c10-9(11,12)6-14-5-1-2-8(13)7-3-4-7/h7-8,13H,1-6H2. The third kappa shape index (κ3) is 5.44. The summed E-state index contributed by atoms with van der Waals surface area (Å²) >= 11 is 0. The molecule has 0 aromatic heterocycles. The van der Waals surface area contributed by atoms with Gasteiger partial charge in [-0.25, -0.2) is 0 Å². The summed E-state index contributed by atoms with van der Waals surface area (Å²) in [6, 6.07) is 0. The lowest BCUT2D eigenvalue weighted by atomic mass is 10.1. The number of aliphatic hydroxyl groups is 1. The van der Waals surface area contributed by atoms with Crippen LogP contribution in [0, 0.1) is 5.92 Å². The van der Waals surface area contributed by atoms with Crippen molar-refractivity contribution in [3.05, 3.63) is 0 Å². The third-order valence-electron chi connectivity index (χ3n) is 2.22. The fourth-order valence-electron chi connectivity index (χ4n) is 1.30. The van der Waals surface area contributed by atoms with E-state index >= 15 is 0 Å². The van der Waals surface area contributed by atoms with E-state index in [1.807, 2.05) is 0 Å². The van der Waals surface area contributed by atoms with Gasteiger partial charge in [0.1, 0.15) is 6.61 Å². The molecule has 0 saturated heterocycles. The summed E-state index contributed by atoms with van der Waals surface area (Å²) < 4.78 is 39.2. The number of hydrogen-bond donors (Lipinski definition) is 1. The molecule has 2 nitrogen and oxygen atoms in total. The summed E-state index contributed by atoms with van der Waals surface area (Å²) in [4.78, 5) is 0. The highest BCUT2D eigenvalue weighted by atomic mass is 19.4. The van der Waals surface area contributed by atoms with Crippen LogP contribution in [0.3, 0.4) is 0 Å². The lowest BCUT2D eigenvalue weighted by Gasteiger charge is -2.10. The fraction of sp³-hybridized carbons (Fsp3) is 1.00. The zero-order valence-electron chi connectivity index (χ0n) is 7.89. The summed E-state index contributed by atoms with van der Waals surface area (Å²) in [5.41, 5.74) is 0. The molecule has 1 unspecified atom stereocenters. The van der Waals surface area contributed by atoms with E-state index in [1.165, 1.54) is 0 Å². The average Bonchev–Trinajstić information content (AvgIpc) is 2.83. The fourth-order valence-corrected chi connectivity index (χ4v) is 1.30. The molecule has 0 aromatic carbocycles. The van der Waals surface area contributed by atoms with Gasteiger partial charge in [0.05, 0.1) is 6.10 Å². The first kappa shape index (κ1) is 11.8. The Balaban J connectivity index is 1.88. The van der Waals surface area contributed by atoms with Gasteiger partial charge < -0.3 is 9.84 Å². The van der Waals surface area contributed by atoms with E-state index in [0.29, 0.717) is 18.8 Å². The molecule has 1 fully saturated rings. The van der Waals surface area contributed by atoms with Crippen LogP contribution in [0.4, 0.5) is 13.2 Å². The van der Waals surface area contributed by atoms with Crippen LogP contribution in [-0.2, 0) is 4.74 Å². The van der Waals surface area contributed by atoms with Gasteiger partial charge >= 0.3 is 6.18 Å². The molecule has 0 aliphatic heterocycles. The minimum Gasteiger partial charge on any atom is -0.393 e. The van der Waals surface area contributed by atoms with Crippen molar-refractivity contribution in [2.75, 3.05) is 13.2 Å². The van der Waals surface area contributed by atoms with Crippen LogP contribution in [0.25, 0.3) is 0 Å². The number of rotatable bonds is 6. The van der Waals surface area contributed by atoms with E-state index in [4.69, 9.17) is 0 Å². The summed E-state index contributed by atoms with van der Waals surface area (Å²) in [5.74, 6) is 0.387. The second-order valence-electron chi connectivity index (χ2n) is 3.71. The van der Waals surface area contributed by atoms with Crippen molar-refractivity contribution < 1.29 is 23.0 Å². The number of aliphatic hydroxyl groups excluding tert-OH is 1. The number of halogens is 3. The van der Waals surface area contributed by atoms with Gasteiger partial charge in [0, 0.05) is 6.61 Å². The lowest BCUT2D eigenvalue weighted by molar-refractivity contribution is -0.174. The van der Waals surface area contributed by atoms with Crippen LogP contribution in [0.2, 0.25) is 0 Å². The van der Waals surface area contributed by atoms with Gasteiger partial charge in [-0.15, -0.1) is 0 Å². The summed E-state index contributed by atoms with van der Waals surface area (Å²) in [6.07, 6.45) is -1.45. The molecule has 0 bridgehead atoms. The van der Waals surface area contributed by atoms with Gasteiger partial charge in [0.15, 0.2) is 0 Å². The summed E-state index contributed by atoms with van der Waals surface area (Å²) in [7, 11) is 0. The quantitative estimate of drug-likeness (QED) is 0.683. The Morgan fingerprint density at radius 3 is 2.50 bits per heavy atom. The molecule has 1 saturated carbocycles. The first-order chi connectivity index (χ1) is 6.49. The molecule has 1 atom stereocenters. The van der Waals surface area contributed by atoms with Crippen LogP contribution in [-0.4, -0.2) is 30.6 Å². The maximum Gasteiger partial charge on any atom is 0.411 e. The van der Waals surface area contributed by atoms with Crippen LogP contribution >= 0.6 is 0 Å².